The highest BCUT2D eigenvalue weighted by molar-refractivity contribution is 5.77. The number of carbonyl (C=O) groups is 1. The third-order valence-electron chi connectivity index (χ3n) is 4.45. The molecule has 0 saturated carbocycles. The number of hydrogen-bond acceptors (Lipinski definition) is 2. The molecular weight excluding hydrogens is 272 g/mol. The number of hydrogen-bond donors (Lipinski definition) is 1. The molecule has 0 aliphatic carbocycles. The maximum absolute atomic E-state index is 12.4. The van der Waals surface area contributed by atoms with E-state index in [-0.39, 0.29) is 5.91 Å². The number of nitrogen functional groups attached to an aromatic ring is 1. The SMILES string of the molecule is Cc1ccc(CCC(=O)N2CCc3ccccc3C2)cc1N. The van der Waals surface area contributed by atoms with Crippen LogP contribution < -0.4 is 5.73 Å². The predicted molar refractivity (Wildman–Crippen MR) is 89.5 cm³/mol. The first-order valence-electron chi connectivity index (χ1n) is 7.83. The van der Waals surface area contributed by atoms with Gasteiger partial charge in [-0.05, 0) is 48.1 Å². The Bertz CT molecular complexity index is 694. The van der Waals surface area contributed by atoms with E-state index in [0.29, 0.717) is 6.42 Å². The lowest BCUT2D eigenvalue weighted by Crippen LogP contribution is -2.36. The Morgan fingerprint density at radius 3 is 2.73 bits per heavy atom. The molecule has 1 amide bonds. The number of rotatable bonds is 3. The zero-order valence-corrected chi connectivity index (χ0v) is 13.0. The summed E-state index contributed by atoms with van der Waals surface area (Å²) in [6.07, 6.45) is 2.26. The quantitative estimate of drug-likeness (QED) is 0.884. The maximum atomic E-state index is 12.4. The Kier molecular flexibility index (Phi) is 4.14. The number of anilines is 1. The van der Waals surface area contributed by atoms with Gasteiger partial charge in [0.2, 0.25) is 5.91 Å². The largest absolute Gasteiger partial charge is 0.399 e. The average molecular weight is 294 g/mol. The molecule has 0 radical (unpaired) electrons. The van der Waals surface area contributed by atoms with Crippen molar-refractivity contribution in [2.75, 3.05) is 12.3 Å². The van der Waals surface area contributed by atoms with E-state index in [1.54, 1.807) is 0 Å². The van der Waals surface area contributed by atoms with E-state index in [1.165, 1.54) is 11.1 Å². The van der Waals surface area contributed by atoms with Crippen molar-refractivity contribution in [3.8, 4) is 0 Å². The van der Waals surface area contributed by atoms with Crippen LogP contribution in [0.5, 0.6) is 0 Å². The fraction of sp³-hybridized carbons (Fsp3) is 0.316. The summed E-state index contributed by atoms with van der Waals surface area (Å²) in [6.45, 7) is 3.56. The van der Waals surface area contributed by atoms with E-state index in [9.17, 15) is 4.79 Å². The molecule has 2 N–H and O–H groups in total. The standard InChI is InChI=1S/C19H22N2O/c1-14-6-7-15(12-18(14)20)8-9-19(22)21-11-10-16-4-2-3-5-17(16)13-21/h2-7,12H,8-11,13,20H2,1H3. The molecule has 3 nitrogen and oxygen atoms in total. The fourth-order valence-corrected chi connectivity index (χ4v) is 2.96. The number of fused-ring (bicyclic) bond motifs is 1. The van der Waals surface area contributed by atoms with Gasteiger partial charge in [-0.3, -0.25) is 4.79 Å². The average Bonchev–Trinajstić information content (AvgIpc) is 2.55. The fourth-order valence-electron chi connectivity index (χ4n) is 2.96. The maximum Gasteiger partial charge on any atom is 0.223 e. The first-order valence-corrected chi connectivity index (χ1v) is 7.83. The second-order valence-electron chi connectivity index (χ2n) is 6.02. The minimum absolute atomic E-state index is 0.230. The summed E-state index contributed by atoms with van der Waals surface area (Å²) in [5.74, 6) is 0.230. The summed E-state index contributed by atoms with van der Waals surface area (Å²) in [4.78, 5) is 14.4. The van der Waals surface area contributed by atoms with Crippen molar-refractivity contribution >= 4 is 11.6 Å². The first-order chi connectivity index (χ1) is 10.6. The molecule has 3 rings (SSSR count). The molecule has 2 aromatic carbocycles. The van der Waals surface area contributed by atoms with Gasteiger partial charge in [0.05, 0.1) is 0 Å². The molecule has 0 saturated heterocycles. The van der Waals surface area contributed by atoms with E-state index in [0.717, 1.165) is 42.7 Å². The Morgan fingerprint density at radius 2 is 1.95 bits per heavy atom. The van der Waals surface area contributed by atoms with E-state index in [2.05, 4.69) is 24.3 Å². The predicted octanol–water partition coefficient (Wildman–Crippen LogP) is 3.09. The number of amides is 1. The molecule has 1 aliphatic heterocycles. The van der Waals surface area contributed by atoms with Crippen LogP contribution in [0.3, 0.4) is 0 Å². The molecule has 0 atom stereocenters. The van der Waals surface area contributed by atoms with Gasteiger partial charge in [0, 0.05) is 25.2 Å². The van der Waals surface area contributed by atoms with Crippen LogP contribution in [0.4, 0.5) is 5.69 Å². The molecule has 114 valence electrons. The highest BCUT2D eigenvalue weighted by atomic mass is 16.2. The molecule has 1 heterocycles. The Morgan fingerprint density at radius 1 is 1.18 bits per heavy atom. The lowest BCUT2D eigenvalue weighted by atomic mass is 9.99. The van der Waals surface area contributed by atoms with Gasteiger partial charge in [-0.1, -0.05) is 36.4 Å². The highest BCUT2D eigenvalue weighted by Gasteiger charge is 2.19. The number of benzene rings is 2. The normalized spacial score (nSPS) is 13.8. The Balaban J connectivity index is 1.60. The van der Waals surface area contributed by atoms with Crippen LogP contribution in [0.15, 0.2) is 42.5 Å². The van der Waals surface area contributed by atoms with E-state index >= 15 is 0 Å². The van der Waals surface area contributed by atoms with Crippen LogP contribution in [0.1, 0.15) is 28.7 Å². The van der Waals surface area contributed by atoms with Crippen LogP contribution in [0, 0.1) is 6.92 Å². The zero-order chi connectivity index (χ0) is 15.5. The smallest absolute Gasteiger partial charge is 0.223 e. The van der Waals surface area contributed by atoms with Crippen molar-refractivity contribution in [2.24, 2.45) is 0 Å². The lowest BCUT2D eigenvalue weighted by Gasteiger charge is -2.29. The Labute approximate surface area is 131 Å². The number of carbonyl (C=O) groups excluding carboxylic acids is 1. The van der Waals surface area contributed by atoms with Crippen LogP contribution in [-0.4, -0.2) is 17.4 Å². The van der Waals surface area contributed by atoms with Crippen molar-refractivity contribution < 1.29 is 4.79 Å². The van der Waals surface area contributed by atoms with E-state index in [1.807, 2.05) is 30.0 Å². The van der Waals surface area contributed by atoms with Crippen LogP contribution in [0.25, 0.3) is 0 Å². The van der Waals surface area contributed by atoms with Crippen molar-refractivity contribution in [1.82, 2.24) is 4.90 Å². The summed E-state index contributed by atoms with van der Waals surface area (Å²) >= 11 is 0. The highest BCUT2D eigenvalue weighted by Crippen LogP contribution is 2.20. The molecule has 2 aromatic rings. The first kappa shape index (κ1) is 14.6. The van der Waals surface area contributed by atoms with Gasteiger partial charge in [0.25, 0.3) is 0 Å². The van der Waals surface area contributed by atoms with Gasteiger partial charge in [-0.15, -0.1) is 0 Å². The molecule has 1 aliphatic rings. The third-order valence-corrected chi connectivity index (χ3v) is 4.45. The van der Waals surface area contributed by atoms with Gasteiger partial charge < -0.3 is 10.6 Å². The molecular formula is C19H22N2O. The topological polar surface area (TPSA) is 46.3 Å². The third kappa shape index (κ3) is 3.14. The van der Waals surface area contributed by atoms with E-state index in [4.69, 9.17) is 5.73 Å². The summed E-state index contributed by atoms with van der Waals surface area (Å²) in [5.41, 5.74) is 11.6. The number of nitrogens with two attached hydrogens (primary N) is 1. The molecule has 3 heteroatoms. The second kappa shape index (κ2) is 6.22. The summed E-state index contributed by atoms with van der Waals surface area (Å²) in [7, 11) is 0. The van der Waals surface area contributed by atoms with Crippen LogP contribution in [-0.2, 0) is 24.2 Å². The van der Waals surface area contributed by atoms with Crippen molar-refractivity contribution in [1.29, 1.82) is 0 Å². The van der Waals surface area contributed by atoms with Gasteiger partial charge >= 0.3 is 0 Å². The molecule has 0 aromatic heterocycles. The zero-order valence-electron chi connectivity index (χ0n) is 13.0. The lowest BCUT2D eigenvalue weighted by molar-refractivity contribution is -0.132. The number of nitrogens with zero attached hydrogens (tertiary/aromatic N) is 1. The molecule has 22 heavy (non-hydrogen) atoms. The minimum atomic E-state index is 0.230. The van der Waals surface area contributed by atoms with Crippen LogP contribution >= 0.6 is 0 Å². The minimum Gasteiger partial charge on any atom is -0.399 e. The summed E-state index contributed by atoms with van der Waals surface area (Å²) in [5, 5.41) is 0. The van der Waals surface area contributed by atoms with Gasteiger partial charge in [-0.2, -0.15) is 0 Å². The number of aryl methyl sites for hydroxylation is 2. The molecule has 0 fully saturated rings. The van der Waals surface area contributed by atoms with E-state index < -0.39 is 0 Å². The second-order valence-corrected chi connectivity index (χ2v) is 6.02. The van der Waals surface area contributed by atoms with Gasteiger partial charge in [0.1, 0.15) is 0 Å². The monoisotopic (exact) mass is 294 g/mol. The molecule has 0 bridgehead atoms. The van der Waals surface area contributed by atoms with Gasteiger partial charge in [-0.25, -0.2) is 0 Å². The molecule has 0 unspecified atom stereocenters. The van der Waals surface area contributed by atoms with Crippen molar-refractivity contribution in [3.05, 3.63) is 64.7 Å². The summed E-state index contributed by atoms with van der Waals surface area (Å²) in [6, 6.07) is 14.5. The van der Waals surface area contributed by atoms with Gasteiger partial charge in [0.15, 0.2) is 0 Å². The van der Waals surface area contributed by atoms with Crippen LogP contribution in [0.2, 0.25) is 0 Å². The summed E-state index contributed by atoms with van der Waals surface area (Å²) < 4.78 is 0. The Hall–Kier alpha value is -2.29. The van der Waals surface area contributed by atoms with Crippen molar-refractivity contribution in [2.45, 2.75) is 32.7 Å². The molecule has 0 spiro atoms. The van der Waals surface area contributed by atoms with Crippen molar-refractivity contribution in [3.63, 3.8) is 0 Å².